The number of piperidine rings is 1. The Kier molecular flexibility index (Phi) is 5.34. The Bertz CT molecular complexity index is 1010. The maximum absolute atomic E-state index is 12.3. The summed E-state index contributed by atoms with van der Waals surface area (Å²) < 4.78 is 31.4. The molecule has 1 atom stereocenters. The molecule has 1 unspecified atom stereocenters. The summed E-state index contributed by atoms with van der Waals surface area (Å²) in [7, 11) is -2.72. The monoisotopic (exact) mass is 458 g/mol. The van der Waals surface area contributed by atoms with Crippen molar-refractivity contribution in [2.75, 3.05) is 19.3 Å². The molecule has 32 heavy (non-hydrogen) atoms. The quantitative estimate of drug-likeness (QED) is 0.655. The molecule has 1 aliphatic carbocycles. The van der Waals surface area contributed by atoms with Crippen LogP contribution in [0.2, 0.25) is 0 Å². The molecular weight excluding hydrogens is 428 g/mol. The maximum Gasteiger partial charge on any atom is 0.410 e. The second kappa shape index (κ2) is 7.93. The molecule has 3 aliphatic rings. The zero-order chi connectivity index (χ0) is 22.5. The molecule has 1 saturated heterocycles. The molecule has 2 N–H and O–H groups in total. The van der Waals surface area contributed by atoms with Crippen LogP contribution in [0, 0.1) is 5.92 Å². The summed E-state index contributed by atoms with van der Waals surface area (Å²) in [4.78, 5) is 19.3. The van der Waals surface area contributed by atoms with Gasteiger partial charge in [-0.1, -0.05) is 12.1 Å². The fraction of sp³-hybridized carbons (Fsp3) is 0.500. The smallest absolute Gasteiger partial charge is 0.410 e. The Labute approximate surface area is 190 Å². The summed E-state index contributed by atoms with van der Waals surface area (Å²) >= 11 is 0. The van der Waals surface area contributed by atoms with E-state index < -0.39 is 10.6 Å². The van der Waals surface area contributed by atoms with Gasteiger partial charge in [-0.3, -0.25) is 14.1 Å². The van der Waals surface area contributed by atoms with Crippen LogP contribution in [0.25, 0.3) is 11.3 Å². The topological polar surface area (TPSA) is 92.1 Å². The van der Waals surface area contributed by atoms with Crippen LogP contribution >= 0.6 is 10.6 Å². The summed E-state index contributed by atoms with van der Waals surface area (Å²) in [6.45, 7) is 3.42. The molecule has 2 aromatic rings. The molecule has 0 bridgehead atoms. The first-order chi connectivity index (χ1) is 15.2. The van der Waals surface area contributed by atoms with Crippen LogP contribution in [-0.4, -0.2) is 56.1 Å². The van der Waals surface area contributed by atoms with Crippen LogP contribution < -0.4 is 4.74 Å². The average Bonchev–Trinajstić information content (AvgIpc) is 3.34. The fourth-order valence-corrected chi connectivity index (χ4v) is 5.13. The number of nitrogens with zero attached hydrogens (tertiary/aromatic N) is 2. The SMILES string of the molecule is CC1(OC(=O)N2CCC(C3Cc4cc(-c5ccc(S(C)(O)O)cc5)ncc4O3)CC2)CC1. The Hall–Kier alpha value is -2.29. The van der Waals surface area contributed by atoms with Gasteiger partial charge in [0.15, 0.2) is 0 Å². The van der Waals surface area contributed by atoms with Gasteiger partial charge in [0.1, 0.15) is 17.5 Å². The van der Waals surface area contributed by atoms with Crippen LogP contribution in [0.3, 0.4) is 0 Å². The number of benzene rings is 1. The van der Waals surface area contributed by atoms with E-state index in [-0.39, 0.29) is 17.8 Å². The molecule has 1 aromatic carbocycles. The van der Waals surface area contributed by atoms with Gasteiger partial charge in [-0.15, -0.1) is 0 Å². The molecule has 0 radical (unpaired) electrons. The summed E-state index contributed by atoms with van der Waals surface area (Å²) in [6, 6.07) is 9.28. The van der Waals surface area contributed by atoms with Crippen molar-refractivity contribution in [2.24, 2.45) is 5.92 Å². The van der Waals surface area contributed by atoms with Crippen molar-refractivity contribution in [2.45, 2.75) is 55.6 Å². The standard InChI is InChI=1S/C24H30N2O5S/c1-24(9-10-24)31-23(27)26-11-7-17(8-12-26)21-14-18-13-20(25-15-22(18)30-21)16-3-5-19(6-4-16)32(2,28)29/h3-6,13,15,17,21,28-29H,7-12,14H2,1-2H3. The molecule has 0 spiro atoms. The summed E-state index contributed by atoms with van der Waals surface area (Å²) in [5.41, 5.74) is 2.69. The van der Waals surface area contributed by atoms with Gasteiger partial charge in [0.2, 0.25) is 0 Å². The normalized spacial score (nSPS) is 22.8. The zero-order valence-electron chi connectivity index (χ0n) is 18.5. The molecule has 3 heterocycles. The third-order valence-corrected chi connectivity index (χ3v) is 8.02. The predicted octanol–water partition coefficient (Wildman–Crippen LogP) is 5.19. The van der Waals surface area contributed by atoms with Crippen LogP contribution in [0.5, 0.6) is 5.75 Å². The van der Waals surface area contributed by atoms with Crippen molar-refractivity contribution < 1.29 is 23.4 Å². The number of fused-ring (bicyclic) bond motifs is 1. The molecule has 7 nitrogen and oxygen atoms in total. The Morgan fingerprint density at radius 2 is 1.91 bits per heavy atom. The average molecular weight is 459 g/mol. The number of hydrogen-bond acceptors (Lipinski definition) is 6. The van der Waals surface area contributed by atoms with Gasteiger partial charge in [-0.2, -0.15) is 10.6 Å². The second-order valence-corrected chi connectivity index (χ2v) is 11.7. The number of likely N-dealkylation sites (tertiary alicyclic amines) is 1. The third-order valence-electron chi connectivity index (χ3n) is 6.86. The van der Waals surface area contributed by atoms with E-state index >= 15 is 0 Å². The highest BCUT2D eigenvalue weighted by Crippen LogP contribution is 2.44. The van der Waals surface area contributed by atoms with E-state index in [0.717, 1.165) is 54.7 Å². The first-order valence-electron chi connectivity index (χ1n) is 11.2. The summed E-state index contributed by atoms with van der Waals surface area (Å²) in [6.07, 6.45) is 7.74. The van der Waals surface area contributed by atoms with Crippen molar-refractivity contribution in [3.05, 3.63) is 42.1 Å². The molecule has 2 fully saturated rings. The van der Waals surface area contributed by atoms with E-state index in [2.05, 4.69) is 11.1 Å². The first kappa shape index (κ1) is 21.6. The summed E-state index contributed by atoms with van der Waals surface area (Å²) in [5, 5.41) is 0. The van der Waals surface area contributed by atoms with Gasteiger partial charge < -0.3 is 14.4 Å². The lowest BCUT2D eigenvalue weighted by Gasteiger charge is -2.34. The molecule has 2 aliphatic heterocycles. The van der Waals surface area contributed by atoms with Crippen LogP contribution in [0.15, 0.2) is 41.4 Å². The molecule has 1 saturated carbocycles. The number of carbonyl (C=O) groups is 1. The Balaban J connectivity index is 1.20. The van der Waals surface area contributed by atoms with Crippen molar-refractivity contribution in [3.8, 4) is 17.0 Å². The first-order valence-corrected chi connectivity index (χ1v) is 13.1. The summed E-state index contributed by atoms with van der Waals surface area (Å²) in [5.74, 6) is 1.24. The van der Waals surface area contributed by atoms with E-state index in [4.69, 9.17) is 9.47 Å². The zero-order valence-corrected chi connectivity index (χ0v) is 19.3. The minimum absolute atomic E-state index is 0.108. The molecule has 5 rings (SSSR count). The minimum atomic E-state index is -2.72. The van der Waals surface area contributed by atoms with Gasteiger partial charge in [0, 0.05) is 36.9 Å². The van der Waals surface area contributed by atoms with Gasteiger partial charge >= 0.3 is 6.09 Å². The van der Waals surface area contributed by atoms with Crippen LogP contribution in [0.4, 0.5) is 4.79 Å². The number of rotatable bonds is 4. The molecular formula is C24H30N2O5S. The van der Waals surface area contributed by atoms with Gasteiger partial charge in [0.05, 0.1) is 16.8 Å². The lowest BCUT2D eigenvalue weighted by molar-refractivity contribution is 0.0379. The van der Waals surface area contributed by atoms with E-state index in [0.29, 0.717) is 23.9 Å². The van der Waals surface area contributed by atoms with E-state index in [1.165, 1.54) is 6.26 Å². The molecule has 1 amide bonds. The van der Waals surface area contributed by atoms with Crippen molar-refractivity contribution in [1.82, 2.24) is 9.88 Å². The van der Waals surface area contributed by atoms with Gasteiger partial charge in [0.25, 0.3) is 0 Å². The van der Waals surface area contributed by atoms with Gasteiger partial charge in [-0.25, -0.2) is 4.79 Å². The molecule has 8 heteroatoms. The third kappa shape index (κ3) is 4.44. The highest BCUT2D eigenvalue weighted by atomic mass is 32.3. The number of carbonyl (C=O) groups excluding carboxylic acids is 1. The van der Waals surface area contributed by atoms with Crippen molar-refractivity contribution in [1.29, 1.82) is 0 Å². The number of pyridine rings is 1. The highest BCUT2D eigenvalue weighted by molar-refractivity contribution is 8.23. The minimum Gasteiger partial charge on any atom is -0.488 e. The number of aromatic nitrogens is 1. The largest absolute Gasteiger partial charge is 0.488 e. The lowest BCUT2D eigenvalue weighted by Crippen LogP contribution is -2.43. The van der Waals surface area contributed by atoms with Gasteiger partial charge in [-0.05, 0) is 56.7 Å². The molecule has 172 valence electrons. The number of hydrogen-bond donors (Lipinski definition) is 2. The fourth-order valence-electron chi connectivity index (χ4n) is 4.48. The van der Waals surface area contributed by atoms with Crippen LogP contribution in [-0.2, 0) is 11.2 Å². The van der Waals surface area contributed by atoms with Crippen molar-refractivity contribution >= 4 is 16.7 Å². The highest BCUT2D eigenvalue weighted by Gasteiger charge is 2.43. The van der Waals surface area contributed by atoms with E-state index in [1.54, 1.807) is 18.3 Å². The van der Waals surface area contributed by atoms with Crippen molar-refractivity contribution in [3.63, 3.8) is 0 Å². The Morgan fingerprint density at radius 3 is 2.53 bits per heavy atom. The second-order valence-electron chi connectivity index (χ2n) is 9.54. The van der Waals surface area contributed by atoms with E-state index in [9.17, 15) is 13.9 Å². The maximum atomic E-state index is 12.3. The van der Waals surface area contributed by atoms with Crippen LogP contribution in [0.1, 0.15) is 38.2 Å². The van der Waals surface area contributed by atoms with E-state index in [1.807, 2.05) is 24.0 Å². The number of amides is 1. The molecule has 1 aromatic heterocycles. The number of ether oxygens (including phenoxy) is 2. The lowest BCUT2D eigenvalue weighted by atomic mass is 9.89. The Morgan fingerprint density at radius 1 is 1.22 bits per heavy atom. The predicted molar refractivity (Wildman–Crippen MR) is 123 cm³/mol.